The predicted octanol–water partition coefficient (Wildman–Crippen LogP) is 1.50. The molecule has 0 atom stereocenters. The van der Waals surface area contributed by atoms with Crippen LogP contribution in [0.15, 0.2) is 10.9 Å². The van der Waals surface area contributed by atoms with Gasteiger partial charge in [-0.3, -0.25) is 4.79 Å². The van der Waals surface area contributed by atoms with Gasteiger partial charge in [0.05, 0.1) is 6.61 Å². The highest BCUT2D eigenvalue weighted by molar-refractivity contribution is 5.92. The van der Waals surface area contributed by atoms with Crippen molar-refractivity contribution in [1.29, 1.82) is 0 Å². The molecular weight excluding hydrogens is 332 g/mol. The lowest BCUT2D eigenvalue weighted by Crippen LogP contribution is -2.41. The maximum Gasteiger partial charge on any atom is 0.345 e. The Labute approximate surface area is 155 Å². The molecule has 0 unspecified atom stereocenters. The zero-order valence-electron chi connectivity index (χ0n) is 16.7. The maximum absolute atomic E-state index is 12.7. The van der Waals surface area contributed by atoms with Gasteiger partial charge in [-0.15, -0.1) is 0 Å². The number of nitrogens with zero attached hydrogens (tertiary/aromatic N) is 3. The molecule has 0 bridgehead atoms. The summed E-state index contributed by atoms with van der Waals surface area (Å²) >= 11 is 0. The van der Waals surface area contributed by atoms with E-state index in [2.05, 4.69) is 14.9 Å². The molecule has 7 nitrogen and oxygen atoms in total. The molecule has 7 heteroatoms. The second kappa shape index (κ2) is 8.77. The van der Waals surface area contributed by atoms with Crippen LogP contribution in [0.4, 0.5) is 0 Å². The van der Waals surface area contributed by atoms with Crippen molar-refractivity contribution in [2.75, 3.05) is 46.9 Å². The van der Waals surface area contributed by atoms with Crippen molar-refractivity contribution < 1.29 is 9.53 Å². The fourth-order valence-electron chi connectivity index (χ4n) is 3.25. The second-order valence-electron chi connectivity index (χ2n) is 8.20. The Morgan fingerprint density at radius 2 is 2.04 bits per heavy atom. The molecule has 0 saturated carbocycles. The highest BCUT2D eigenvalue weighted by Gasteiger charge is 2.24. The Bertz CT molecular complexity index is 657. The van der Waals surface area contributed by atoms with Gasteiger partial charge in [0.15, 0.2) is 0 Å². The fourth-order valence-corrected chi connectivity index (χ4v) is 3.25. The summed E-state index contributed by atoms with van der Waals surface area (Å²) in [6, 6.07) is 1.70. The minimum absolute atomic E-state index is 0.191. The minimum atomic E-state index is -0.472. The molecule has 0 spiro atoms. The van der Waals surface area contributed by atoms with Crippen LogP contribution in [-0.4, -0.2) is 72.6 Å². The van der Waals surface area contributed by atoms with Gasteiger partial charge in [-0.25, -0.2) is 4.79 Å². The van der Waals surface area contributed by atoms with E-state index in [0.717, 1.165) is 44.8 Å². The highest BCUT2D eigenvalue weighted by Crippen LogP contribution is 2.21. The number of methoxy groups -OCH3 is 1. The molecule has 0 radical (unpaired) electrons. The third-order valence-electron chi connectivity index (χ3n) is 4.97. The Balaban J connectivity index is 1.96. The van der Waals surface area contributed by atoms with Gasteiger partial charge in [-0.05, 0) is 37.9 Å². The average molecular weight is 364 g/mol. The highest BCUT2D eigenvalue weighted by atomic mass is 16.5. The number of likely N-dealkylation sites (tertiary alicyclic amines) is 1. The molecule has 0 aromatic carbocycles. The monoisotopic (exact) mass is 364 g/mol. The van der Waals surface area contributed by atoms with E-state index in [1.807, 2.05) is 20.8 Å². The number of rotatable bonds is 6. The molecule has 2 heterocycles. The van der Waals surface area contributed by atoms with Gasteiger partial charge in [0.1, 0.15) is 5.69 Å². The molecule has 0 aliphatic carbocycles. The summed E-state index contributed by atoms with van der Waals surface area (Å²) < 4.78 is 5.13. The van der Waals surface area contributed by atoms with Crippen molar-refractivity contribution in [2.24, 2.45) is 5.92 Å². The Morgan fingerprint density at radius 1 is 1.38 bits per heavy atom. The van der Waals surface area contributed by atoms with E-state index in [4.69, 9.17) is 4.74 Å². The molecule has 1 N–H and O–H groups in total. The van der Waals surface area contributed by atoms with E-state index in [9.17, 15) is 9.59 Å². The first-order valence-corrected chi connectivity index (χ1v) is 9.29. The third kappa shape index (κ3) is 5.64. The van der Waals surface area contributed by atoms with Crippen LogP contribution in [0, 0.1) is 5.92 Å². The Morgan fingerprint density at radius 3 is 2.62 bits per heavy atom. The van der Waals surface area contributed by atoms with Crippen molar-refractivity contribution >= 4 is 5.91 Å². The Hall–Kier alpha value is -1.73. The first-order valence-electron chi connectivity index (χ1n) is 9.29. The first-order chi connectivity index (χ1) is 12.2. The van der Waals surface area contributed by atoms with Crippen molar-refractivity contribution in [2.45, 2.75) is 39.0 Å². The lowest BCUT2D eigenvalue weighted by Gasteiger charge is -2.33. The Kier molecular flexibility index (Phi) is 6.94. The topological polar surface area (TPSA) is 78.5 Å². The van der Waals surface area contributed by atoms with Gasteiger partial charge in [0.25, 0.3) is 5.91 Å². The first kappa shape index (κ1) is 20.6. The van der Waals surface area contributed by atoms with Gasteiger partial charge in [0.2, 0.25) is 0 Å². The van der Waals surface area contributed by atoms with Crippen molar-refractivity contribution in [3.63, 3.8) is 0 Å². The van der Waals surface area contributed by atoms with Gasteiger partial charge in [-0.2, -0.15) is 4.98 Å². The zero-order valence-corrected chi connectivity index (χ0v) is 16.7. The lowest BCUT2D eigenvalue weighted by atomic mass is 9.91. The number of hydrogen-bond acceptors (Lipinski definition) is 5. The number of amides is 1. The standard InChI is InChI=1S/C19H32N4O3/c1-19(2,3)16-12-15(20-18(25)21-16)17(24)22(4)13-14-6-8-23(9-7-14)10-11-26-5/h12,14H,6-11,13H2,1-5H3,(H,20,21,25). The molecule has 1 aliphatic rings. The number of aromatic amines is 1. The normalized spacial score (nSPS) is 16.7. The van der Waals surface area contributed by atoms with Gasteiger partial charge in [0, 0.05) is 38.4 Å². The molecule has 1 fully saturated rings. The molecule has 1 amide bonds. The molecule has 2 rings (SSSR count). The van der Waals surface area contributed by atoms with Crippen molar-refractivity contribution in [3.05, 3.63) is 27.9 Å². The molecule has 1 aromatic rings. The van der Waals surface area contributed by atoms with Crippen LogP contribution in [0.1, 0.15) is 49.8 Å². The minimum Gasteiger partial charge on any atom is -0.383 e. The number of hydrogen-bond donors (Lipinski definition) is 1. The molecule has 1 aromatic heterocycles. The molecule has 26 heavy (non-hydrogen) atoms. The molecular formula is C19H32N4O3. The van der Waals surface area contributed by atoms with E-state index >= 15 is 0 Å². The smallest absolute Gasteiger partial charge is 0.345 e. The van der Waals surface area contributed by atoms with Crippen molar-refractivity contribution in [1.82, 2.24) is 19.8 Å². The largest absolute Gasteiger partial charge is 0.383 e. The van der Waals surface area contributed by atoms with Crippen LogP contribution in [-0.2, 0) is 10.2 Å². The van der Waals surface area contributed by atoms with E-state index in [-0.39, 0.29) is 17.0 Å². The van der Waals surface area contributed by atoms with Gasteiger partial charge >= 0.3 is 5.69 Å². The summed E-state index contributed by atoms with van der Waals surface area (Å²) in [4.78, 5) is 35.3. The third-order valence-corrected chi connectivity index (χ3v) is 4.97. The second-order valence-corrected chi connectivity index (χ2v) is 8.20. The van der Waals surface area contributed by atoms with Gasteiger partial charge < -0.3 is 19.5 Å². The lowest BCUT2D eigenvalue weighted by molar-refractivity contribution is 0.0718. The zero-order chi connectivity index (χ0) is 19.3. The van der Waals surface area contributed by atoms with Crippen LogP contribution >= 0.6 is 0 Å². The van der Waals surface area contributed by atoms with E-state index < -0.39 is 5.69 Å². The quantitative estimate of drug-likeness (QED) is 0.828. The van der Waals surface area contributed by atoms with E-state index in [1.165, 1.54) is 0 Å². The van der Waals surface area contributed by atoms with Gasteiger partial charge in [-0.1, -0.05) is 20.8 Å². The van der Waals surface area contributed by atoms with E-state index in [1.54, 1.807) is 25.1 Å². The molecule has 146 valence electrons. The number of carbonyl (C=O) groups is 1. The number of nitrogens with one attached hydrogen (secondary N) is 1. The summed E-state index contributed by atoms with van der Waals surface area (Å²) in [6.45, 7) is 10.5. The van der Waals surface area contributed by atoms with Crippen LogP contribution in [0.25, 0.3) is 0 Å². The number of piperidine rings is 1. The maximum atomic E-state index is 12.7. The van der Waals surface area contributed by atoms with Crippen LogP contribution < -0.4 is 5.69 Å². The summed E-state index contributed by atoms with van der Waals surface area (Å²) in [6.07, 6.45) is 2.13. The summed E-state index contributed by atoms with van der Waals surface area (Å²) in [5.41, 5.74) is 0.227. The SMILES string of the molecule is COCCN1CCC(CN(C)C(=O)c2cc(C(C)(C)C)[nH]c(=O)n2)CC1. The molecule has 1 aliphatic heterocycles. The van der Waals surface area contributed by atoms with Crippen molar-refractivity contribution in [3.8, 4) is 0 Å². The van der Waals surface area contributed by atoms with Crippen LogP contribution in [0.5, 0.6) is 0 Å². The number of carbonyl (C=O) groups excluding carboxylic acids is 1. The number of aromatic nitrogens is 2. The average Bonchev–Trinajstić information content (AvgIpc) is 2.59. The fraction of sp³-hybridized carbons (Fsp3) is 0.737. The predicted molar refractivity (Wildman–Crippen MR) is 102 cm³/mol. The summed E-state index contributed by atoms with van der Waals surface area (Å²) in [5, 5.41) is 0. The number of H-pyrrole nitrogens is 1. The van der Waals surface area contributed by atoms with E-state index in [0.29, 0.717) is 12.5 Å². The number of ether oxygens (including phenoxy) is 1. The summed E-state index contributed by atoms with van der Waals surface area (Å²) in [5.74, 6) is 0.287. The van der Waals surface area contributed by atoms with Crippen LogP contribution in [0.3, 0.4) is 0 Å². The van der Waals surface area contributed by atoms with Crippen LogP contribution in [0.2, 0.25) is 0 Å². The molecule has 1 saturated heterocycles. The summed E-state index contributed by atoms with van der Waals surface area (Å²) in [7, 11) is 3.51.